The van der Waals surface area contributed by atoms with Crippen molar-refractivity contribution in [3.8, 4) is 23.2 Å². The van der Waals surface area contributed by atoms with E-state index in [-0.39, 0.29) is 18.6 Å². The summed E-state index contributed by atoms with van der Waals surface area (Å²) in [5.41, 5.74) is 4.03. The molecule has 4 heterocycles. The van der Waals surface area contributed by atoms with E-state index in [0.717, 1.165) is 39.7 Å². The van der Waals surface area contributed by atoms with Gasteiger partial charge in [-0.15, -0.1) is 0 Å². The number of fused-ring (bicyclic) bond motifs is 5. The van der Waals surface area contributed by atoms with Gasteiger partial charge in [-0.2, -0.15) is 0 Å². The van der Waals surface area contributed by atoms with Gasteiger partial charge < -0.3 is 14.4 Å². The number of aryl methyl sites for hydroxylation is 1. The standard InChI is InChI=1S/C29H28N2O4/c1-3-19-20-15-31-24(14-22-21(27(31)32)16-35-28(33)29(22,34)4-2)26(20)30-23-11-7-10-18(25(19)23)13-12-17-8-5-6-9-17/h7,10-11,14,17,34H,3-6,8-9,15-16H2,1-2H3/t29-/m0/s1. The molecule has 3 aliphatic rings. The van der Waals surface area contributed by atoms with Crippen molar-refractivity contribution in [2.45, 2.75) is 71.1 Å². The molecule has 0 spiro atoms. The summed E-state index contributed by atoms with van der Waals surface area (Å²) in [7, 11) is 0. The predicted molar refractivity (Wildman–Crippen MR) is 133 cm³/mol. The molecule has 6 rings (SSSR count). The van der Waals surface area contributed by atoms with Crippen molar-refractivity contribution in [3.05, 3.63) is 62.4 Å². The number of rotatable bonds is 2. The fraction of sp³-hybridized carbons (Fsp3) is 0.414. The summed E-state index contributed by atoms with van der Waals surface area (Å²) < 4.78 is 6.89. The number of cyclic esters (lactones) is 1. The number of aromatic nitrogens is 2. The molecule has 35 heavy (non-hydrogen) atoms. The van der Waals surface area contributed by atoms with Crippen LogP contribution < -0.4 is 5.56 Å². The van der Waals surface area contributed by atoms with Crippen molar-refractivity contribution < 1.29 is 14.6 Å². The first-order valence-corrected chi connectivity index (χ1v) is 12.6. The molecule has 1 aromatic carbocycles. The van der Waals surface area contributed by atoms with Crippen LogP contribution in [0.15, 0.2) is 29.1 Å². The molecule has 1 saturated carbocycles. The highest BCUT2D eigenvalue weighted by Crippen LogP contribution is 2.40. The summed E-state index contributed by atoms with van der Waals surface area (Å²) >= 11 is 0. The van der Waals surface area contributed by atoms with Crippen LogP contribution in [0, 0.1) is 17.8 Å². The molecule has 2 aliphatic heterocycles. The summed E-state index contributed by atoms with van der Waals surface area (Å²) in [5, 5.41) is 12.2. The Morgan fingerprint density at radius 2 is 2.00 bits per heavy atom. The highest BCUT2D eigenvalue weighted by Gasteiger charge is 2.45. The van der Waals surface area contributed by atoms with Crippen molar-refractivity contribution in [2.75, 3.05) is 0 Å². The summed E-state index contributed by atoms with van der Waals surface area (Å²) in [4.78, 5) is 30.9. The molecule has 1 aliphatic carbocycles. The number of benzene rings is 1. The first kappa shape index (κ1) is 22.1. The average molecular weight is 469 g/mol. The monoisotopic (exact) mass is 468 g/mol. The van der Waals surface area contributed by atoms with Gasteiger partial charge in [0.2, 0.25) is 0 Å². The number of hydrogen-bond acceptors (Lipinski definition) is 5. The summed E-state index contributed by atoms with van der Waals surface area (Å²) in [6, 6.07) is 7.82. The van der Waals surface area contributed by atoms with Crippen LogP contribution >= 0.6 is 0 Å². The van der Waals surface area contributed by atoms with Crippen LogP contribution in [0.3, 0.4) is 0 Å². The van der Waals surface area contributed by atoms with E-state index in [4.69, 9.17) is 9.72 Å². The van der Waals surface area contributed by atoms with Gasteiger partial charge in [0.15, 0.2) is 5.60 Å². The molecule has 6 heteroatoms. The topological polar surface area (TPSA) is 81.4 Å². The number of nitrogens with zero attached hydrogens (tertiary/aromatic N) is 2. The predicted octanol–water partition coefficient (Wildman–Crippen LogP) is 4.18. The first-order valence-electron chi connectivity index (χ1n) is 12.6. The van der Waals surface area contributed by atoms with Crippen molar-refractivity contribution in [3.63, 3.8) is 0 Å². The van der Waals surface area contributed by atoms with E-state index in [1.54, 1.807) is 17.6 Å². The van der Waals surface area contributed by atoms with Gasteiger partial charge in [-0.1, -0.05) is 44.6 Å². The minimum Gasteiger partial charge on any atom is -0.458 e. The number of hydrogen-bond donors (Lipinski definition) is 1. The minimum atomic E-state index is -1.82. The Labute approximate surface area is 204 Å². The molecule has 0 amide bonds. The molecule has 0 radical (unpaired) electrons. The van der Waals surface area contributed by atoms with E-state index in [1.807, 2.05) is 12.1 Å². The van der Waals surface area contributed by atoms with Crippen LogP contribution in [-0.4, -0.2) is 20.6 Å². The smallest absolute Gasteiger partial charge is 0.343 e. The molecular formula is C29H28N2O4. The van der Waals surface area contributed by atoms with Gasteiger partial charge in [0.1, 0.15) is 6.61 Å². The third kappa shape index (κ3) is 3.18. The Kier molecular flexibility index (Phi) is 5.08. The zero-order chi connectivity index (χ0) is 24.3. The van der Waals surface area contributed by atoms with E-state index in [1.165, 1.54) is 25.7 Å². The normalized spacial score (nSPS) is 20.7. The zero-order valence-electron chi connectivity index (χ0n) is 20.1. The second-order valence-corrected chi connectivity index (χ2v) is 9.82. The Morgan fingerprint density at radius 3 is 2.74 bits per heavy atom. The molecule has 0 unspecified atom stereocenters. The molecule has 1 atom stereocenters. The molecule has 178 valence electrons. The minimum absolute atomic E-state index is 0.122. The second-order valence-electron chi connectivity index (χ2n) is 9.82. The molecule has 0 bridgehead atoms. The Morgan fingerprint density at radius 1 is 1.20 bits per heavy atom. The van der Waals surface area contributed by atoms with E-state index >= 15 is 0 Å². The molecular weight excluding hydrogens is 440 g/mol. The summed E-state index contributed by atoms with van der Waals surface area (Å²) in [5.74, 6) is 6.70. The maximum atomic E-state index is 13.5. The van der Waals surface area contributed by atoms with Crippen molar-refractivity contribution in [2.24, 2.45) is 5.92 Å². The lowest BCUT2D eigenvalue weighted by Crippen LogP contribution is -2.44. The van der Waals surface area contributed by atoms with E-state index in [9.17, 15) is 14.7 Å². The number of carbonyl (C=O) groups is 1. The van der Waals surface area contributed by atoms with Crippen LogP contribution in [0.25, 0.3) is 22.3 Å². The van der Waals surface area contributed by atoms with Crippen LogP contribution in [0.5, 0.6) is 0 Å². The van der Waals surface area contributed by atoms with E-state index < -0.39 is 11.6 Å². The molecule has 1 N–H and O–H groups in total. The Hall–Kier alpha value is -3.43. The summed E-state index contributed by atoms with van der Waals surface area (Å²) in [6.45, 7) is 4.12. The van der Waals surface area contributed by atoms with E-state index in [2.05, 4.69) is 24.8 Å². The Balaban J connectivity index is 1.57. The second kappa shape index (κ2) is 8.07. The number of esters is 1. The van der Waals surface area contributed by atoms with Crippen LogP contribution in [0.1, 0.15) is 73.8 Å². The van der Waals surface area contributed by atoms with Gasteiger partial charge >= 0.3 is 5.97 Å². The first-order chi connectivity index (χ1) is 17.0. The van der Waals surface area contributed by atoms with Gasteiger partial charge in [0.25, 0.3) is 5.56 Å². The maximum Gasteiger partial charge on any atom is 0.343 e. The maximum absolute atomic E-state index is 13.5. The number of carbonyl (C=O) groups excluding carboxylic acids is 1. The van der Waals surface area contributed by atoms with Crippen LogP contribution in [0.4, 0.5) is 0 Å². The van der Waals surface area contributed by atoms with Gasteiger partial charge in [-0.05, 0) is 49.4 Å². The lowest BCUT2D eigenvalue weighted by atomic mass is 9.86. The number of ether oxygens (including phenoxy) is 1. The van der Waals surface area contributed by atoms with Gasteiger partial charge in [-0.25, -0.2) is 9.78 Å². The SMILES string of the molecule is CCc1c2c(nc3cccc(C#CC4CCCC4)c13)-c1cc3c(c(=O)n1C2)COC(=O)[C@]3(O)CC. The molecule has 6 nitrogen and oxygen atoms in total. The highest BCUT2D eigenvalue weighted by atomic mass is 16.6. The fourth-order valence-corrected chi connectivity index (χ4v) is 5.97. The quantitative estimate of drug-likeness (QED) is 0.353. The van der Waals surface area contributed by atoms with Crippen molar-refractivity contribution in [1.82, 2.24) is 9.55 Å². The average Bonchev–Trinajstić information content (AvgIpc) is 3.52. The number of aliphatic hydroxyl groups is 1. The molecule has 0 saturated heterocycles. The largest absolute Gasteiger partial charge is 0.458 e. The van der Waals surface area contributed by atoms with Crippen LogP contribution in [-0.2, 0) is 34.7 Å². The van der Waals surface area contributed by atoms with Crippen LogP contribution in [0.2, 0.25) is 0 Å². The molecule has 2 aromatic heterocycles. The highest BCUT2D eigenvalue weighted by molar-refractivity contribution is 5.93. The van der Waals surface area contributed by atoms with Crippen molar-refractivity contribution in [1.29, 1.82) is 0 Å². The fourth-order valence-electron chi connectivity index (χ4n) is 5.97. The number of pyridine rings is 2. The molecule has 1 fully saturated rings. The van der Waals surface area contributed by atoms with Crippen molar-refractivity contribution >= 4 is 16.9 Å². The summed E-state index contributed by atoms with van der Waals surface area (Å²) in [6.07, 6.45) is 5.77. The third-order valence-electron chi connectivity index (χ3n) is 7.95. The van der Waals surface area contributed by atoms with E-state index in [0.29, 0.717) is 29.3 Å². The zero-order valence-corrected chi connectivity index (χ0v) is 20.1. The molecule has 3 aromatic rings. The van der Waals surface area contributed by atoms with Gasteiger partial charge in [0.05, 0.1) is 29.0 Å². The van der Waals surface area contributed by atoms with Gasteiger partial charge in [-0.3, -0.25) is 4.79 Å². The third-order valence-corrected chi connectivity index (χ3v) is 7.95. The Bertz CT molecular complexity index is 1520. The lowest BCUT2D eigenvalue weighted by molar-refractivity contribution is -0.172. The van der Waals surface area contributed by atoms with Gasteiger partial charge in [0, 0.05) is 28.0 Å². The lowest BCUT2D eigenvalue weighted by Gasteiger charge is -2.31.